The number of carboxylic acids is 1. The second-order valence-electron chi connectivity index (χ2n) is 5.25. The largest absolute Gasteiger partial charge is 0.478 e. The Labute approximate surface area is 113 Å². The van der Waals surface area contributed by atoms with Gasteiger partial charge in [-0.2, -0.15) is 0 Å². The molecular formula is C15H19NO3. The maximum atomic E-state index is 12.0. The van der Waals surface area contributed by atoms with Crippen molar-refractivity contribution in [1.29, 1.82) is 0 Å². The van der Waals surface area contributed by atoms with Gasteiger partial charge in [-0.25, -0.2) is 4.79 Å². The molecule has 1 saturated carbocycles. The molecule has 0 bridgehead atoms. The highest BCUT2D eigenvalue weighted by atomic mass is 16.4. The van der Waals surface area contributed by atoms with Crippen LogP contribution < -0.4 is 0 Å². The van der Waals surface area contributed by atoms with Gasteiger partial charge in [-0.05, 0) is 36.5 Å². The number of carboxylic acid groups (broad SMARTS) is 1. The summed E-state index contributed by atoms with van der Waals surface area (Å²) >= 11 is 0. The van der Waals surface area contributed by atoms with Crippen LogP contribution in [0.4, 0.5) is 0 Å². The van der Waals surface area contributed by atoms with Gasteiger partial charge in [-0.3, -0.25) is 4.79 Å². The summed E-state index contributed by atoms with van der Waals surface area (Å²) in [6.45, 7) is 0.533. The lowest BCUT2D eigenvalue weighted by Crippen LogP contribution is -2.29. The van der Waals surface area contributed by atoms with Crippen molar-refractivity contribution in [2.75, 3.05) is 7.05 Å². The molecule has 1 N–H and O–H groups in total. The molecule has 1 fully saturated rings. The number of aromatic carboxylic acids is 1. The van der Waals surface area contributed by atoms with Crippen molar-refractivity contribution < 1.29 is 14.7 Å². The van der Waals surface area contributed by atoms with Crippen molar-refractivity contribution in [2.24, 2.45) is 5.92 Å². The molecule has 0 atom stereocenters. The zero-order valence-corrected chi connectivity index (χ0v) is 11.1. The summed E-state index contributed by atoms with van der Waals surface area (Å²) in [5.74, 6) is -0.183. The van der Waals surface area contributed by atoms with Crippen LogP contribution in [0.2, 0.25) is 0 Å². The number of carbonyl (C=O) groups is 2. The third-order valence-electron chi connectivity index (χ3n) is 3.73. The molecular weight excluding hydrogens is 242 g/mol. The fourth-order valence-corrected chi connectivity index (χ4v) is 2.21. The molecule has 1 aliphatic rings. The number of benzene rings is 1. The minimum absolute atomic E-state index is 0.173. The summed E-state index contributed by atoms with van der Waals surface area (Å²) in [5, 5.41) is 8.81. The third kappa shape index (κ3) is 3.56. The predicted octanol–water partition coefficient (Wildman–Crippen LogP) is 2.53. The Morgan fingerprint density at radius 2 is 1.89 bits per heavy atom. The Kier molecular flexibility index (Phi) is 4.20. The van der Waals surface area contributed by atoms with E-state index in [9.17, 15) is 9.59 Å². The molecule has 1 aliphatic carbocycles. The Hall–Kier alpha value is -1.84. The molecule has 1 aromatic rings. The average molecular weight is 261 g/mol. The van der Waals surface area contributed by atoms with E-state index in [1.54, 1.807) is 36.2 Å². The van der Waals surface area contributed by atoms with Gasteiger partial charge in [-0.15, -0.1) is 0 Å². The third-order valence-corrected chi connectivity index (χ3v) is 3.73. The molecule has 102 valence electrons. The van der Waals surface area contributed by atoms with E-state index in [2.05, 4.69) is 0 Å². The van der Waals surface area contributed by atoms with Gasteiger partial charge in [0.05, 0.1) is 5.56 Å². The first-order valence-electron chi connectivity index (χ1n) is 6.62. The Balaban J connectivity index is 1.88. The molecule has 0 unspecified atom stereocenters. The SMILES string of the molecule is CN(Cc1ccc(C(=O)O)cc1)C(=O)CC1CCC1. The molecule has 4 nitrogen and oxygen atoms in total. The van der Waals surface area contributed by atoms with E-state index in [0.29, 0.717) is 18.9 Å². The van der Waals surface area contributed by atoms with Gasteiger partial charge in [0.15, 0.2) is 0 Å². The van der Waals surface area contributed by atoms with Gasteiger partial charge >= 0.3 is 5.97 Å². The minimum atomic E-state index is -0.930. The van der Waals surface area contributed by atoms with Gasteiger partial charge in [0.1, 0.15) is 0 Å². The van der Waals surface area contributed by atoms with Crippen LogP contribution in [0.25, 0.3) is 0 Å². The lowest BCUT2D eigenvalue weighted by atomic mass is 9.83. The Morgan fingerprint density at radius 3 is 2.37 bits per heavy atom. The first-order valence-corrected chi connectivity index (χ1v) is 6.62. The van der Waals surface area contributed by atoms with E-state index in [0.717, 1.165) is 5.56 Å². The minimum Gasteiger partial charge on any atom is -0.478 e. The van der Waals surface area contributed by atoms with Crippen molar-refractivity contribution >= 4 is 11.9 Å². The van der Waals surface area contributed by atoms with Crippen LogP contribution in [-0.2, 0) is 11.3 Å². The van der Waals surface area contributed by atoms with Gasteiger partial charge in [-0.1, -0.05) is 18.6 Å². The summed E-state index contributed by atoms with van der Waals surface area (Å²) in [7, 11) is 1.80. The maximum Gasteiger partial charge on any atom is 0.335 e. The highest BCUT2D eigenvalue weighted by Gasteiger charge is 2.22. The highest BCUT2D eigenvalue weighted by Crippen LogP contribution is 2.29. The zero-order valence-electron chi connectivity index (χ0n) is 11.1. The van der Waals surface area contributed by atoms with Gasteiger partial charge in [0, 0.05) is 20.0 Å². The molecule has 0 aliphatic heterocycles. The van der Waals surface area contributed by atoms with Gasteiger partial charge in [0.25, 0.3) is 0 Å². The number of hydrogen-bond acceptors (Lipinski definition) is 2. The van der Waals surface area contributed by atoms with Crippen LogP contribution in [-0.4, -0.2) is 28.9 Å². The number of nitrogens with zero attached hydrogens (tertiary/aromatic N) is 1. The fourth-order valence-electron chi connectivity index (χ4n) is 2.21. The smallest absolute Gasteiger partial charge is 0.335 e. The number of rotatable bonds is 5. The summed E-state index contributed by atoms with van der Waals surface area (Å²) in [6.07, 6.45) is 4.24. The highest BCUT2D eigenvalue weighted by molar-refractivity contribution is 5.87. The summed E-state index contributed by atoms with van der Waals surface area (Å²) in [4.78, 5) is 24.4. The molecule has 0 radical (unpaired) electrons. The van der Waals surface area contributed by atoms with Crippen molar-refractivity contribution in [1.82, 2.24) is 4.90 Å². The standard InChI is InChI=1S/C15H19NO3/c1-16(14(17)9-11-3-2-4-11)10-12-5-7-13(8-6-12)15(18)19/h5-8,11H,2-4,9-10H2,1H3,(H,18,19). The molecule has 0 aromatic heterocycles. The number of amides is 1. The second kappa shape index (κ2) is 5.87. The van der Waals surface area contributed by atoms with E-state index in [-0.39, 0.29) is 11.5 Å². The van der Waals surface area contributed by atoms with Crippen LogP contribution in [0.1, 0.15) is 41.6 Å². The molecule has 0 heterocycles. The van der Waals surface area contributed by atoms with Crippen molar-refractivity contribution in [3.8, 4) is 0 Å². The van der Waals surface area contributed by atoms with Crippen LogP contribution >= 0.6 is 0 Å². The Bertz CT molecular complexity index is 463. The molecule has 2 rings (SSSR count). The predicted molar refractivity (Wildman–Crippen MR) is 71.8 cm³/mol. The van der Waals surface area contributed by atoms with Crippen LogP contribution in [0.3, 0.4) is 0 Å². The lowest BCUT2D eigenvalue weighted by Gasteiger charge is -2.27. The first-order chi connectivity index (χ1) is 9.06. The monoisotopic (exact) mass is 261 g/mol. The quantitative estimate of drug-likeness (QED) is 0.886. The topological polar surface area (TPSA) is 57.6 Å². The zero-order chi connectivity index (χ0) is 13.8. The summed E-state index contributed by atoms with van der Waals surface area (Å²) in [6, 6.07) is 6.66. The van der Waals surface area contributed by atoms with E-state index in [1.807, 2.05) is 0 Å². The maximum absolute atomic E-state index is 12.0. The fraction of sp³-hybridized carbons (Fsp3) is 0.467. The first kappa shape index (κ1) is 13.6. The second-order valence-corrected chi connectivity index (χ2v) is 5.25. The molecule has 1 aromatic carbocycles. The van der Waals surface area contributed by atoms with Crippen molar-refractivity contribution in [2.45, 2.75) is 32.2 Å². The molecule has 0 spiro atoms. The van der Waals surface area contributed by atoms with E-state index >= 15 is 0 Å². The Morgan fingerprint density at radius 1 is 1.26 bits per heavy atom. The van der Waals surface area contributed by atoms with E-state index < -0.39 is 5.97 Å². The van der Waals surface area contributed by atoms with E-state index in [1.165, 1.54) is 19.3 Å². The van der Waals surface area contributed by atoms with Crippen molar-refractivity contribution in [3.05, 3.63) is 35.4 Å². The lowest BCUT2D eigenvalue weighted by molar-refractivity contribution is -0.132. The molecule has 1 amide bonds. The number of carbonyl (C=O) groups excluding carboxylic acids is 1. The average Bonchev–Trinajstić information content (AvgIpc) is 2.34. The van der Waals surface area contributed by atoms with E-state index in [4.69, 9.17) is 5.11 Å². The van der Waals surface area contributed by atoms with Gasteiger partial charge in [0.2, 0.25) is 5.91 Å². The van der Waals surface area contributed by atoms with Crippen LogP contribution in [0.15, 0.2) is 24.3 Å². The van der Waals surface area contributed by atoms with Gasteiger partial charge < -0.3 is 10.0 Å². The summed E-state index contributed by atoms with van der Waals surface area (Å²) < 4.78 is 0. The van der Waals surface area contributed by atoms with Crippen LogP contribution in [0, 0.1) is 5.92 Å². The normalized spacial score (nSPS) is 14.8. The number of hydrogen-bond donors (Lipinski definition) is 1. The molecule has 19 heavy (non-hydrogen) atoms. The van der Waals surface area contributed by atoms with Crippen molar-refractivity contribution in [3.63, 3.8) is 0 Å². The molecule has 0 saturated heterocycles. The molecule has 4 heteroatoms. The van der Waals surface area contributed by atoms with Crippen LogP contribution in [0.5, 0.6) is 0 Å². The summed E-state index contributed by atoms with van der Waals surface area (Å²) in [5.41, 5.74) is 1.22.